The lowest BCUT2D eigenvalue weighted by Gasteiger charge is -2.29. The second-order valence-electron chi connectivity index (χ2n) is 7.52. The number of fused-ring (bicyclic) bond motifs is 1. The average molecular weight is 483 g/mol. The summed E-state index contributed by atoms with van der Waals surface area (Å²) in [5, 5.41) is 16.9. The number of hydrogen-bond donors (Lipinski definition) is 1. The number of nitro groups is 1. The second-order valence-corrected chi connectivity index (χ2v) is 8.46. The molecule has 2 heterocycles. The molecule has 3 aromatic rings. The van der Waals surface area contributed by atoms with Crippen LogP contribution in [-0.4, -0.2) is 42.0 Å². The molecule has 1 N–H and O–H groups in total. The van der Waals surface area contributed by atoms with Gasteiger partial charge in [0.1, 0.15) is 23.7 Å². The third-order valence-electron chi connectivity index (χ3n) is 5.19. The number of carbonyl (C=O) groups excluding carboxylic acids is 2. The molecular weight excluding hydrogens is 460 g/mol. The molecule has 0 saturated carbocycles. The first-order valence-corrected chi connectivity index (χ1v) is 11.4. The molecule has 2 amide bonds. The van der Waals surface area contributed by atoms with Crippen molar-refractivity contribution in [2.45, 2.75) is 19.8 Å². The molecule has 0 spiro atoms. The molecule has 0 saturated heterocycles. The Morgan fingerprint density at radius 2 is 2.15 bits per heavy atom. The van der Waals surface area contributed by atoms with E-state index in [2.05, 4.69) is 17.2 Å². The van der Waals surface area contributed by atoms with Gasteiger partial charge < -0.3 is 14.8 Å². The summed E-state index contributed by atoms with van der Waals surface area (Å²) in [6, 6.07) is 9.48. The summed E-state index contributed by atoms with van der Waals surface area (Å²) in [6.45, 7) is 1.55. The summed E-state index contributed by atoms with van der Waals surface area (Å²) in [5.41, 5.74) is 1.73. The highest BCUT2D eigenvalue weighted by atomic mass is 32.1. The van der Waals surface area contributed by atoms with Gasteiger partial charge in [-0.3, -0.25) is 24.6 Å². The van der Waals surface area contributed by atoms with Crippen LogP contribution in [0.3, 0.4) is 0 Å². The van der Waals surface area contributed by atoms with Gasteiger partial charge in [-0.05, 0) is 43.2 Å². The molecule has 2 aromatic carbocycles. The quantitative estimate of drug-likeness (QED) is 0.379. The van der Waals surface area contributed by atoms with Gasteiger partial charge in [-0.25, -0.2) is 4.98 Å². The molecule has 0 bridgehead atoms. The number of hydrogen-bond acceptors (Lipinski definition) is 8. The number of nitrogens with zero attached hydrogens (tertiary/aromatic N) is 3. The minimum absolute atomic E-state index is 0.0106. The van der Waals surface area contributed by atoms with Crippen molar-refractivity contribution in [1.82, 2.24) is 4.98 Å². The summed E-state index contributed by atoms with van der Waals surface area (Å²) in [7, 11) is 1.39. The van der Waals surface area contributed by atoms with Crippen LogP contribution in [0.25, 0.3) is 11.3 Å². The molecule has 176 valence electrons. The van der Waals surface area contributed by atoms with E-state index in [1.807, 2.05) is 11.4 Å². The lowest BCUT2D eigenvalue weighted by Crippen LogP contribution is -2.43. The molecule has 4 rings (SSSR count). The Hall–Kier alpha value is -3.99. The van der Waals surface area contributed by atoms with Crippen molar-refractivity contribution in [3.05, 3.63) is 56.9 Å². The van der Waals surface area contributed by atoms with Crippen molar-refractivity contribution in [1.29, 1.82) is 0 Å². The lowest BCUT2D eigenvalue weighted by atomic mass is 10.1. The molecule has 11 heteroatoms. The highest BCUT2D eigenvalue weighted by molar-refractivity contribution is 7.09. The van der Waals surface area contributed by atoms with Crippen LogP contribution in [0.15, 0.2) is 41.8 Å². The fraction of sp³-hybridized carbons (Fsp3) is 0.261. The lowest BCUT2D eigenvalue weighted by molar-refractivity contribution is -0.384. The molecule has 0 unspecified atom stereocenters. The summed E-state index contributed by atoms with van der Waals surface area (Å²) >= 11 is 1.57. The van der Waals surface area contributed by atoms with E-state index in [1.165, 1.54) is 30.2 Å². The van der Waals surface area contributed by atoms with Crippen molar-refractivity contribution in [2.75, 3.05) is 30.5 Å². The number of nitrogens with one attached hydrogen (secondary N) is 1. The van der Waals surface area contributed by atoms with Crippen LogP contribution in [0.5, 0.6) is 11.5 Å². The van der Waals surface area contributed by atoms with Crippen molar-refractivity contribution in [2.24, 2.45) is 0 Å². The highest BCUT2D eigenvalue weighted by Crippen LogP contribution is 2.36. The highest BCUT2D eigenvalue weighted by Gasteiger charge is 2.29. The zero-order valence-electron chi connectivity index (χ0n) is 18.6. The number of aromatic nitrogens is 1. The number of methoxy groups -OCH3 is 1. The molecule has 0 atom stereocenters. The van der Waals surface area contributed by atoms with Gasteiger partial charge in [-0.2, -0.15) is 0 Å². The van der Waals surface area contributed by atoms with Gasteiger partial charge in [0, 0.05) is 10.9 Å². The Morgan fingerprint density at radius 1 is 1.32 bits per heavy atom. The van der Waals surface area contributed by atoms with E-state index in [0.29, 0.717) is 17.2 Å². The van der Waals surface area contributed by atoms with Crippen LogP contribution in [0, 0.1) is 10.1 Å². The number of aryl methyl sites for hydroxylation is 1. The van der Waals surface area contributed by atoms with Crippen LogP contribution < -0.4 is 19.7 Å². The van der Waals surface area contributed by atoms with Crippen LogP contribution >= 0.6 is 11.3 Å². The fourth-order valence-electron chi connectivity index (χ4n) is 3.54. The normalized spacial score (nSPS) is 12.6. The number of anilines is 2. The molecular formula is C23H22N4O6S. The Kier molecular flexibility index (Phi) is 6.73. The monoisotopic (exact) mass is 482 g/mol. The molecule has 0 radical (unpaired) electrons. The predicted molar refractivity (Wildman–Crippen MR) is 128 cm³/mol. The number of amides is 2. The number of rotatable bonds is 8. The van der Waals surface area contributed by atoms with E-state index in [0.717, 1.165) is 29.1 Å². The minimum atomic E-state index is -0.611. The summed E-state index contributed by atoms with van der Waals surface area (Å²) in [4.78, 5) is 42.2. The molecule has 1 aliphatic heterocycles. The van der Waals surface area contributed by atoms with E-state index in [4.69, 9.17) is 9.47 Å². The second kappa shape index (κ2) is 9.87. The maximum atomic E-state index is 12.8. The molecule has 1 aromatic heterocycles. The molecule has 1 aliphatic rings. The smallest absolute Gasteiger partial charge is 0.296 e. The number of carbonyl (C=O) groups is 2. The Labute approximate surface area is 199 Å². The van der Waals surface area contributed by atoms with E-state index in [1.54, 1.807) is 23.5 Å². The van der Waals surface area contributed by atoms with Crippen LogP contribution in [0.2, 0.25) is 0 Å². The van der Waals surface area contributed by atoms with Gasteiger partial charge in [-0.15, -0.1) is 11.3 Å². The Bertz CT molecular complexity index is 1260. The molecule has 34 heavy (non-hydrogen) atoms. The van der Waals surface area contributed by atoms with Crippen molar-refractivity contribution in [3.63, 3.8) is 0 Å². The minimum Gasteiger partial charge on any atom is -0.496 e. The van der Waals surface area contributed by atoms with Gasteiger partial charge in [0.2, 0.25) is 5.91 Å². The van der Waals surface area contributed by atoms with Crippen molar-refractivity contribution in [3.8, 4) is 22.8 Å². The standard InChI is InChI=1S/C23H22N4O6S/c1-3-4-22-25-17(13-34-22)14-5-8-20-19(9-14)26(23(29)12-33-20)11-21(28)24-16-7-6-15(32-2)10-18(16)27(30)31/h5-10,13H,3-4,11-12H2,1-2H3,(H,24,28). The first-order valence-electron chi connectivity index (χ1n) is 10.5. The van der Waals surface area contributed by atoms with E-state index < -0.39 is 16.7 Å². The summed E-state index contributed by atoms with van der Waals surface area (Å²) in [5.74, 6) is -0.220. The number of benzene rings is 2. The van der Waals surface area contributed by atoms with Crippen LogP contribution in [0.4, 0.5) is 17.1 Å². The predicted octanol–water partition coefficient (Wildman–Crippen LogP) is 4.04. The van der Waals surface area contributed by atoms with Gasteiger partial charge in [0.15, 0.2) is 6.61 Å². The number of nitro benzene ring substituents is 1. The van der Waals surface area contributed by atoms with Crippen molar-refractivity contribution < 1.29 is 24.0 Å². The fourth-order valence-corrected chi connectivity index (χ4v) is 4.44. The van der Waals surface area contributed by atoms with Crippen LogP contribution in [0.1, 0.15) is 18.4 Å². The third kappa shape index (κ3) is 4.84. The number of thiazole rings is 1. The Morgan fingerprint density at radius 3 is 2.88 bits per heavy atom. The maximum Gasteiger partial charge on any atom is 0.296 e. The molecule has 0 aliphatic carbocycles. The molecule has 10 nitrogen and oxygen atoms in total. The van der Waals surface area contributed by atoms with Gasteiger partial charge >= 0.3 is 0 Å². The Balaban J connectivity index is 1.58. The van der Waals surface area contributed by atoms with E-state index in [-0.39, 0.29) is 24.5 Å². The van der Waals surface area contributed by atoms with E-state index in [9.17, 15) is 19.7 Å². The first kappa shape index (κ1) is 23.2. The molecule has 0 fully saturated rings. The SMILES string of the molecule is CCCc1nc(-c2ccc3c(c2)N(CC(=O)Nc2ccc(OC)cc2[N+](=O)[O-])C(=O)CO3)cs1. The maximum absolute atomic E-state index is 12.8. The topological polar surface area (TPSA) is 124 Å². The summed E-state index contributed by atoms with van der Waals surface area (Å²) in [6.07, 6.45) is 1.88. The van der Waals surface area contributed by atoms with Crippen LogP contribution in [-0.2, 0) is 16.0 Å². The zero-order chi connectivity index (χ0) is 24.2. The van der Waals surface area contributed by atoms with Gasteiger partial charge in [-0.1, -0.05) is 6.92 Å². The first-order chi connectivity index (χ1) is 16.4. The zero-order valence-corrected chi connectivity index (χ0v) is 19.4. The van der Waals surface area contributed by atoms with Gasteiger partial charge in [0.05, 0.1) is 34.5 Å². The van der Waals surface area contributed by atoms with Crippen molar-refractivity contribution >= 4 is 40.2 Å². The van der Waals surface area contributed by atoms with Gasteiger partial charge in [0.25, 0.3) is 11.6 Å². The number of ether oxygens (including phenoxy) is 2. The summed E-state index contributed by atoms with van der Waals surface area (Å²) < 4.78 is 10.5. The average Bonchev–Trinajstić information content (AvgIpc) is 3.29. The largest absolute Gasteiger partial charge is 0.496 e. The third-order valence-corrected chi connectivity index (χ3v) is 6.10. The van der Waals surface area contributed by atoms with E-state index >= 15 is 0 Å².